The highest BCUT2D eigenvalue weighted by Gasteiger charge is 2.37. The predicted octanol–water partition coefficient (Wildman–Crippen LogP) is 0.249. The summed E-state index contributed by atoms with van der Waals surface area (Å²) in [5.41, 5.74) is 0.353. The Bertz CT molecular complexity index is 468. The number of amides is 1. The lowest BCUT2D eigenvalue weighted by molar-refractivity contribution is -0.125. The van der Waals surface area contributed by atoms with Crippen molar-refractivity contribution in [2.45, 2.75) is 38.3 Å². The number of thiazole rings is 1. The maximum Gasteiger partial charge on any atom is 0.307 e. The van der Waals surface area contributed by atoms with Gasteiger partial charge < -0.3 is 10.4 Å². The summed E-state index contributed by atoms with van der Waals surface area (Å²) in [6.45, 7) is 1.81. The maximum absolute atomic E-state index is 11.8. The standard InChI is InChI=1S/C11H16N2O3S/c1-8-6-17-10(16)13(8)5-9(15)12-11(7-14)3-2-4-11/h6,14H,2-5,7H2,1H3,(H,12,15). The van der Waals surface area contributed by atoms with Crippen LogP contribution in [0, 0.1) is 6.92 Å². The Morgan fingerprint density at radius 1 is 1.65 bits per heavy atom. The van der Waals surface area contributed by atoms with E-state index in [1.54, 1.807) is 12.3 Å². The minimum Gasteiger partial charge on any atom is -0.394 e. The number of aliphatic hydroxyl groups excluding tert-OH is 1. The second-order valence-corrected chi connectivity index (χ2v) is 5.39. The van der Waals surface area contributed by atoms with Gasteiger partial charge in [0.1, 0.15) is 6.54 Å². The van der Waals surface area contributed by atoms with Gasteiger partial charge in [-0.2, -0.15) is 0 Å². The molecule has 94 valence electrons. The highest BCUT2D eigenvalue weighted by Crippen LogP contribution is 2.31. The van der Waals surface area contributed by atoms with Gasteiger partial charge >= 0.3 is 4.87 Å². The Kier molecular flexibility index (Phi) is 3.35. The predicted molar refractivity (Wildman–Crippen MR) is 65.1 cm³/mol. The normalized spacial score (nSPS) is 17.5. The van der Waals surface area contributed by atoms with Crippen LogP contribution in [0.2, 0.25) is 0 Å². The van der Waals surface area contributed by atoms with Gasteiger partial charge in [0.25, 0.3) is 0 Å². The van der Waals surface area contributed by atoms with E-state index in [-0.39, 0.29) is 23.9 Å². The molecular formula is C11H16N2O3S. The molecule has 1 aromatic heterocycles. The Labute approximate surface area is 103 Å². The minimum atomic E-state index is -0.440. The first-order valence-corrected chi connectivity index (χ1v) is 6.51. The van der Waals surface area contributed by atoms with E-state index < -0.39 is 5.54 Å². The molecule has 0 unspecified atom stereocenters. The van der Waals surface area contributed by atoms with Crippen molar-refractivity contribution in [2.75, 3.05) is 6.61 Å². The average molecular weight is 256 g/mol. The fourth-order valence-electron chi connectivity index (χ4n) is 2.00. The number of nitrogens with one attached hydrogen (secondary N) is 1. The topological polar surface area (TPSA) is 71.3 Å². The zero-order valence-corrected chi connectivity index (χ0v) is 10.5. The third-order valence-corrected chi connectivity index (χ3v) is 4.18. The van der Waals surface area contributed by atoms with E-state index in [4.69, 9.17) is 0 Å². The summed E-state index contributed by atoms with van der Waals surface area (Å²) in [5.74, 6) is -0.206. The van der Waals surface area contributed by atoms with Gasteiger partial charge in [-0.15, -0.1) is 0 Å². The third-order valence-electron chi connectivity index (χ3n) is 3.30. The molecule has 1 fully saturated rings. The van der Waals surface area contributed by atoms with Crippen molar-refractivity contribution in [3.63, 3.8) is 0 Å². The minimum absolute atomic E-state index is 0.0315. The SMILES string of the molecule is Cc1csc(=O)n1CC(=O)NC1(CO)CCC1. The summed E-state index contributed by atoms with van der Waals surface area (Å²) in [6.07, 6.45) is 2.65. The van der Waals surface area contributed by atoms with Crippen LogP contribution in [0.5, 0.6) is 0 Å². The molecule has 0 saturated heterocycles. The number of aliphatic hydroxyl groups is 1. The van der Waals surface area contributed by atoms with Crippen LogP contribution in [0.4, 0.5) is 0 Å². The van der Waals surface area contributed by atoms with Crippen LogP contribution in [0.3, 0.4) is 0 Å². The first-order valence-electron chi connectivity index (χ1n) is 5.63. The summed E-state index contributed by atoms with van der Waals surface area (Å²) in [4.78, 5) is 23.1. The van der Waals surface area contributed by atoms with Crippen molar-refractivity contribution in [1.29, 1.82) is 0 Å². The van der Waals surface area contributed by atoms with Crippen LogP contribution in [-0.2, 0) is 11.3 Å². The van der Waals surface area contributed by atoms with Crippen LogP contribution < -0.4 is 10.2 Å². The van der Waals surface area contributed by atoms with Crippen molar-refractivity contribution in [3.8, 4) is 0 Å². The largest absolute Gasteiger partial charge is 0.394 e. The van der Waals surface area contributed by atoms with E-state index in [0.717, 1.165) is 36.3 Å². The van der Waals surface area contributed by atoms with Crippen molar-refractivity contribution < 1.29 is 9.90 Å². The molecule has 0 atom stereocenters. The molecule has 0 radical (unpaired) electrons. The second-order valence-electron chi connectivity index (χ2n) is 4.57. The Balaban J connectivity index is 2.00. The Morgan fingerprint density at radius 3 is 2.76 bits per heavy atom. The van der Waals surface area contributed by atoms with E-state index >= 15 is 0 Å². The van der Waals surface area contributed by atoms with Gasteiger partial charge in [-0.05, 0) is 26.2 Å². The maximum atomic E-state index is 11.8. The highest BCUT2D eigenvalue weighted by atomic mass is 32.1. The van der Waals surface area contributed by atoms with Crippen LogP contribution in [0.15, 0.2) is 10.2 Å². The van der Waals surface area contributed by atoms with Gasteiger partial charge in [-0.1, -0.05) is 11.3 Å². The molecule has 0 bridgehead atoms. The molecule has 0 spiro atoms. The summed E-state index contributed by atoms with van der Waals surface area (Å²) in [5, 5.41) is 13.8. The van der Waals surface area contributed by atoms with Crippen molar-refractivity contribution >= 4 is 17.2 Å². The molecular weight excluding hydrogens is 240 g/mol. The molecule has 1 saturated carbocycles. The first-order chi connectivity index (χ1) is 8.06. The van der Waals surface area contributed by atoms with Crippen molar-refractivity contribution in [3.05, 3.63) is 20.7 Å². The summed E-state index contributed by atoms with van der Waals surface area (Å²) < 4.78 is 1.45. The fourth-order valence-corrected chi connectivity index (χ4v) is 2.74. The number of rotatable bonds is 4. The van der Waals surface area contributed by atoms with Crippen LogP contribution in [0.25, 0.3) is 0 Å². The van der Waals surface area contributed by atoms with E-state index in [1.165, 1.54) is 4.57 Å². The van der Waals surface area contributed by atoms with E-state index in [0.29, 0.717) is 0 Å². The quantitative estimate of drug-likeness (QED) is 0.811. The van der Waals surface area contributed by atoms with Crippen molar-refractivity contribution in [1.82, 2.24) is 9.88 Å². The number of hydrogen-bond acceptors (Lipinski definition) is 4. The fraction of sp³-hybridized carbons (Fsp3) is 0.636. The van der Waals surface area contributed by atoms with Gasteiger partial charge in [-0.25, -0.2) is 0 Å². The number of carbonyl (C=O) groups excluding carboxylic acids is 1. The van der Waals surface area contributed by atoms with Gasteiger partial charge in [-0.3, -0.25) is 14.2 Å². The lowest BCUT2D eigenvalue weighted by atomic mass is 9.77. The van der Waals surface area contributed by atoms with E-state index in [9.17, 15) is 14.7 Å². The monoisotopic (exact) mass is 256 g/mol. The number of hydrogen-bond donors (Lipinski definition) is 2. The second kappa shape index (κ2) is 4.62. The van der Waals surface area contributed by atoms with Crippen LogP contribution >= 0.6 is 11.3 Å². The Hall–Kier alpha value is -1.14. The molecule has 1 amide bonds. The summed E-state index contributed by atoms with van der Waals surface area (Å²) in [7, 11) is 0. The van der Waals surface area contributed by atoms with Gasteiger partial charge in [0.15, 0.2) is 0 Å². The molecule has 2 rings (SSSR count). The number of aryl methyl sites for hydroxylation is 1. The molecule has 5 nitrogen and oxygen atoms in total. The number of nitrogens with zero attached hydrogens (tertiary/aromatic N) is 1. The number of carbonyl (C=O) groups is 1. The van der Waals surface area contributed by atoms with Crippen LogP contribution in [0.1, 0.15) is 25.0 Å². The van der Waals surface area contributed by atoms with Gasteiger partial charge in [0.05, 0.1) is 12.1 Å². The first kappa shape index (κ1) is 12.3. The van der Waals surface area contributed by atoms with Crippen LogP contribution in [-0.4, -0.2) is 27.7 Å². The Morgan fingerprint density at radius 2 is 2.35 bits per heavy atom. The molecule has 0 aliphatic heterocycles. The lowest BCUT2D eigenvalue weighted by Gasteiger charge is -2.40. The van der Waals surface area contributed by atoms with Gasteiger partial charge in [0, 0.05) is 11.1 Å². The third kappa shape index (κ3) is 2.42. The molecule has 0 aromatic carbocycles. The van der Waals surface area contributed by atoms with Gasteiger partial charge in [0.2, 0.25) is 5.91 Å². The smallest absolute Gasteiger partial charge is 0.307 e. The molecule has 2 N–H and O–H groups in total. The number of aromatic nitrogens is 1. The molecule has 1 aliphatic carbocycles. The molecule has 1 aliphatic rings. The summed E-state index contributed by atoms with van der Waals surface area (Å²) >= 11 is 1.09. The molecule has 1 heterocycles. The zero-order valence-electron chi connectivity index (χ0n) is 9.73. The summed E-state index contributed by atoms with van der Waals surface area (Å²) in [6, 6.07) is 0. The average Bonchev–Trinajstić information content (AvgIpc) is 2.55. The lowest BCUT2D eigenvalue weighted by Crippen LogP contribution is -2.57. The molecule has 1 aromatic rings. The van der Waals surface area contributed by atoms with E-state index in [2.05, 4.69) is 5.32 Å². The zero-order chi connectivity index (χ0) is 12.5. The van der Waals surface area contributed by atoms with Crippen molar-refractivity contribution in [2.24, 2.45) is 0 Å². The van der Waals surface area contributed by atoms with E-state index in [1.807, 2.05) is 0 Å². The molecule has 6 heteroatoms. The highest BCUT2D eigenvalue weighted by molar-refractivity contribution is 7.07. The molecule has 17 heavy (non-hydrogen) atoms.